The maximum absolute atomic E-state index is 9.61. The summed E-state index contributed by atoms with van der Waals surface area (Å²) in [7, 11) is 0. The molecule has 1 N–H and O–H groups in total. The van der Waals surface area contributed by atoms with Gasteiger partial charge < -0.3 is 5.11 Å². The van der Waals surface area contributed by atoms with Crippen LogP contribution in [0.5, 0.6) is 0 Å². The first kappa shape index (κ1) is 10.6. The van der Waals surface area contributed by atoms with Crippen molar-refractivity contribution in [3.63, 3.8) is 0 Å². The molecule has 1 atom stereocenters. The van der Waals surface area contributed by atoms with E-state index in [1.54, 1.807) is 11.8 Å². The molecule has 0 heterocycles. The van der Waals surface area contributed by atoms with E-state index in [-0.39, 0.29) is 6.10 Å². The molecule has 1 nitrogen and oxygen atoms in total. The standard InChI is InChI=1S/C11H16OS/c1-2-13-9-11(12)8-10-6-4-3-5-7-10/h3-7,11-12H,2,8-9H2,1H3/t11-/m1/s1. The predicted octanol–water partition coefficient (Wildman–Crippen LogP) is 2.34. The molecule has 0 bridgehead atoms. The van der Waals surface area contributed by atoms with E-state index in [0.717, 1.165) is 17.9 Å². The van der Waals surface area contributed by atoms with Crippen molar-refractivity contribution in [2.24, 2.45) is 0 Å². The lowest BCUT2D eigenvalue weighted by atomic mass is 10.1. The number of aliphatic hydroxyl groups excluding tert-OH is 1. The molecule has 1 aromatic rings. The quantitative estimate of drug-likeness (QED) is 0.780. The van der Waals surface area contributed by atoms with E-state index in [1.807, 2.05) is 18.2 Å². The summed E-state index contributed by atoms with van der Waals surface area (Å²) in [5, 5.41) is 9.61. The van der Waals surface area contributed by atoms with Crippen molar-refractivity contribution in [3.8, 4) is 0 Å². The lowest BCUT2D eigenvalue weighted by Crippen LogP contribution is -2.13. The number of hydrogen-bond donors (Lipinski definition) is 1. The highest BCUT2D eigenvalue weighted by Gasteiger charge is 2.03. The summed E-state index contributed by atoms with van der Waals surface area (Å²) in [4.78, 5) is 0. The fourth-order valence-corrected chi connectivity index (χ4v) is 1.82. The van der Waals surface area contributed by atoms with Crippen LogP contribution in [0.3, 0.4) is 0 Å². The Morgan fingerprint density at radius 3 is 2.62 bits per heavy atom. The van der Waals surface area contributed by atoms with Crippen molar-refractivity contribution < 1.29 is 5.11 Å². The van der Waals surface area contributed by atoms with Crippen molar-refractivity contribution >= 4 is 11.8 Å². The Kier molecular flexibility index (Phi) is 4.94. The maximum Gasteiger partial charge on any atom is 0.0670 e. The molecule has 0 saturated heterocycles. The molecular formula is C11H16OS. The smallest absolute Gasteiger partial charge is 0.0670 e. The largest absolute Gasteiger partial charge is 0.392 e. The summed E-state index contributed by atoms with van der Waals surface area (Å²) in [5.41, 5.74) is 1.21. The summed E-state index contributed by atoms with van der Waals surface area (Å²) in [6, 6.07) is 10.1. The van der Waals surface area contributed by atoms with Crippen LogP contribution in [0.2, 0.25) is 0 Å². The van der Waals surface area contributed by atoms with Crippen LogP contribution >= 0.6 is 11.8 Å². The number of benzene rings is 1. The molecule has 1 aromatic carbocycles. The van der Waals surface area contributed by atoms with E-state index < -0.39 is 0 Å². The van der Waals surface area contributed by atoms with Gasteiger partial charge in [-0.05, 0) is 17.7 Å². The molecule has 0 amide bonds. The zero-order valence-corrected chi connectivity index (χ0v) is 8.76. The van der Waals surface area contributed by atoms with Crippen molar-refractivity contribution in [3.05, 3.63) is 35.9 Å². The molecule has 0 spiro atoms. The summed E-state index contributed by atoms with van der Waals surface area (Å²) < 4.78 is 0. The first-order valence-corrected chi connectivity index (χ1v) is 5.78. The Morgan fingerprint density at radius 1 is 1.31 bits per heavy atom. The van der Waals surface area contributed by atoms with Gasteiger partial charge >= 0.3 is 0 Å². The van der Waals surface area contributed by atoms with E-state index in [1.165, 1.54) is 5.56 Å². The topological polar surface area (TPSA) is 20.2 Å². The van der Waals surface area contributed by atoms with Gasteiger partial charge in [0.1, 0.15) is 0 Å². The second-order valence-electron chi connectivity index (χ2n) is 3.00. The minimum absolute atomic E-state index is 0.202. The van der Waals surface area contributed by atoms with Gasteiger partial charge in [-0.1, -0.05) is 37.3 Å². The van der Waals surface area contributed by atoms with E-state index in [9.17, 15) is 5.11 Å². The molecule has 2 heteroatoms. The van der Waals surface area contributed by atoms with Gasteiger partial charge in [-0.3, -0.25) is 0 Å². The number of aliphatic hydroxyl groups is 1. The van der Waals surface area contributed by atoms with E-state index in [0.29, 0.717) is 0 Å². The second-order valence-corrected chi connectivity index (χ2v) is 4.32. The average molecular weight is 196 g/mol. The Balaban J connectivity index is 2.32. The third-order valence-electron chi connectivity index (χ3n) is 1.83. The summed E-state index contributed by atoms with van der Waals surface area (Å²) >= 11 is 1.79. The number of rotatable bonds is 5. The van der Waals surface area contributed by atoms with Gasteiger partial charge in [-0.2, -0.15) is 11.8 Å². The fourth-order valence-electron chi connectivity index (χ4n) is 1.20. The Morgan fingerprint density at radius 2 is 2.00 bits per heavy atom. The first-order chi connectivity index (χ1) is 6.33. The predicted molar refractivity (Wildman–Crippen MR) is 59.2 cm³/mol. The zero-order chi connectivity index (χ0) is 9.52. The minimum atomic E-state index is -0.202. The minimum Gasteiger partial charge on any atom is -0.392 e. The van der Waals surface area contributed by atoms with Gasteiger partial charge in [-0.15, -0.1) is 0 Å². The van der Waals surface area contributed by atoms with Gasteiger partial charge in [-0.25, -0.2) is 0 Å². The molecule has 0 saturated carbocycles. The average Bonchev–Trinajstić information content (AvgIpc) is 2.16. The molecule has 0 aliphatic carbocycles. The third-order valence-corrected chi connectivity index (χ3v) is 2.86. The fraction of sp³-hybridized carbons (Fsp3) is 0.455. The van der Waals surface area contributed by atoms with Crippen molar-refractivity contribution in [2.45, 2.75) is 19.4 Å². The van der Waals surface area contributed by atoms with Gasteiger partial charge in [0, 0.05) is 5.75 Å². The van der Waals surface area contributed by atoms with Crippen LogP contribution in [0.1, 0.15) is 12.5 Å². The zero-order valence-electron chi connectivity index (χ0n) is 7.94. The van der Waals surface area contributed by atoms with Gasteiger partial charge in [0.15, 0.2) is 0 Å². The maximum atomic E-state index is 9.61. The highest BCUT2D eigenvalue weighted by molar-refractivity contribution is 7.99. The SMILES string of the molecule is CCSC[C@H](O)Cc1ccccc1. The molecule has 0 radical (unpaired) electrons. The monoisotopic (exact) mass is 196 g/mol. The van der Waals surface area contributed by atoms with Gasteiger partial charge in [0.2, 0.25) is 0 Å². The molecular weight excluding hydrogens is 180 g/mol. The normalized spacial score (nSPS) is 12.8. The lowest BCUT2D eigenvalue weighted by molar-refractivity contribution is 0.200. The van der Waals surface area contributed by atoms with Crippen molar-refractivity contribution in [1.82, 2.24) is 0 Å². The highest BCUT2D eigenvalue weighted by Crippen LogP contribution is 2.08. The summed E-state index contributed by atoms with van der Waals surface area (Å²) in [6.45, 7) is 2.11. The highest BCUT2D eigenvalue weighted by atomic mass is 32.2. The van der Waals surface area contributed by atoms with Crippen LogP contribution in [0.15, 0.2) is 30.3 Å². The molecule has 0 fully saturated rings. The molecule has 0 aliphatic heterocycles. The lowest BCUT2D eigenvalue weighted by Gasteiger charge is -2.08. The van der Waals surface area contributed by atoms with Gasteiger partial charge in [0.05, 0.1) is 6.10 Å². The van der Waals surface area contributed by atoms with Crippen LogP contribution in [0.4, 0.5) is 0 Å². The van der Waals surface area contributed by atoms with Crippen LogP contribution in [-0.4, -0.2) is 22.7 Å². The molecule has 0 aliphatic rings. The number of thioether (sulfide) groups is 1. The molecule has 0 unspecified atom stereocenters. The third kappa shape index (κ3) is 4.34. The molecule has 72 valence electrons. The van der Waals surface area contributed by atoms with Crippen molar-refractivity contribution in [1.29, 1.82) is 0 Å². The van der Waals surface area contributed by atoms with E-state index in [2.05, 4.69) is 19.1 Å². The van der Waals surface area contributed by atoms with Crippen molar-refractivity contribution in [2.75, 3.05) is 11.5 Å². The Hall–Kier alpha value is -0.470. The summed E-state index contributed by atoms with van der Waals surface area (Å²) in [5.74, 6) is 1.91. The number of hydrogen-bond acceptors (Lipinski definition) is 2. The van der Waals surface area contributed by atoms with Crippen LogP contribution in [0, 0.1) is 0 Å². The van der Waals surface area contributed by atoms with E-state index >= 15 is 0 Å². The van der Waals surface area contributed by atoms with Crippen LogP contribution < -0.4 is 0 Å². The molecule has 13 heavy (non-hydrogen) atoms. The second kappa shape index (κ2) is 6.06. The van der Waals surface area contributed by atoms with Gasteiger partial charge in [0.25, 0.3) is 0 Å². The summed E-state index contributed by atoms with van der Waals surface area (Å²) in [6.07, 6.45) is 0.570. The Bertz CT molecular complexity index is 223. The Labute approximate surface area is 84.2 Å². The van der Waals surface area contributed by atoms with E-state index in [4.69, 9.17) is 0 Å². The molecule has 1 rings (SSSR count). The van der Waals surface area contributed by atoms with Crippen LogP contribution in [0.25, 0.3) is 0 Å². The first-order valence-electron chi connectivity index (χ1n) is 4.62. The van der Waals surface area contributed by atoms with Crippen LogP contribution in [-0.2, 0) is 6.42 Å². The molecule has 0 aromatic heterocycles.